The Morgan fingerprint density at radius 1 is 1.53 bits per heavy atom. The molecule has 0 spiro atoms. The fraction of sp³-hybridized carbons (Fsp3) is 0.571. The van der Waals surface area contributed by atoms with Crippen LogP contribution in [0.2, 0.25) is 5.02 Å². The zero-order chi connectivity index (χ0) is 12.3. The van der Waals surface area contributed by atoms with E-state index in [2.05, 4.69) is 36.3 Å². The second-order valence-electron chi connectivity index (χ2n) is 4.99. The molecule has 0 saturated carbocycles. The number of rotatable bonds is 4. The molecule has 0 radical (unpaired) electrons. The number of benzene rings is 1. The highest BCUT2D eigenvalue weighted by atomic mass is 35.5. The van der Waals surface area contributed by atoms with Crippen LogP contribution >= 0.6 is 11.6 Å². The molecule has 3 heteroatoms. The van der Waals surface area contributed by atoms with Crippen LogP contribution in [0.25, 0.3) is 0 Å². The van der Waals surface area contributed by atoms with Gasteiger partial charge in [-0.15, -0.1) is 0 Å². The van der Waals surface area contributed by atoms with Crippen LogP contribution in [0.4, 0.5) is 0 Å². The van der Waals surface area contributed by atoms with Gasteiger partial charge in [-0.2, -0.15) is 0 Å². The predicted molar refractivity (Wildman–Crippen MR) is 73.8 cm³/mol. The summed E-state index contributed by atoms with van der Waals surface area (Å²) >= 11 is 6.03. The van der Waals surface area contributed by atoms with Crippen molar-refractivity contribution in [2.45, 2.75) is 25.3 Å². The van der Waals surface area contributed by atoms with Gasteiger partial charge in [0.2, 0.25) is 0 Å². The van der Waals surface area contributed by atoms with Crippen LogP contribution in [0.3, 0.4) is 0 Å². The Balaban J connectivity index is 1.91. The molecule has 94 valence electrons. The maximum absolute atomic E-state index is 6.03. The maximum Gasteiger partial charge on any atom is 0.0408 e. The molecule has 2 nitrogen and oxygen atoms in total. The van der Waals surface area contributed by atoms with E-state index in [4.69, 9.17) is 11.6 Å². The van der Waals surface area contributed by atoms with Gasteiger partial charge in [0, 0.05) is 24.2 Å². The summed E-state index contributed by atoms with van der Waals surface area (Å²) in [7, 11) is 2.05. The van der Waals surface area contributed by atoms with Gasteiger partial charge in [-0.25, -0.2) is 0 Å². The lowest BCUT2D eigenvalue weighted by atomic mass is 10.0. The molecule has 1 aliphatic rings. The summed E-state index contributed by atoms with van der Waals surface area (Å²) < 4.78 is 0. The molecule has 2 atom stereocenters. The third kappa shape index (κ3) is 3.44. The predicted octanol–water partition coefficient (Wildman–Crippen LogP) is 2.74. The van der Waals surface area contributed by atoms with Gasteiger partial charge in [-0.1, -0.05) is 30.7 Å². The van der Waals surface area contributed by atoms with E-state index in [0.717, 1.165) is 11.6 Å². The molecule has 1 aromatic rings. The average Bonchev–Trinajstić information content (AvgIpc) is 2.77. The average molecular weight is 253 g/mol. The van der Waals surface area contributed by atoms with Gasteiger partial charge in [0.25, 0.3) is 0 Å². The van der Waals surface area contributed by atoms with Crippen LogP contribution in [0.1, 0.15) is 24.8 Å². The SMILES string of the molecule is CNC1CCN(CC(C)c2cccc(Cl)c2)C1. The second-order valence-corrected chi connectivity index (χ2v) is 5.43. The fourth-order valence-corrected chi connectivity index (χ4v) is 2.74. The van der Waals surface area contributed by atoms with Gasteiger partial charge in [-0.3, -0.25) is 0 Å². The molecule has 1 aromatic carbocycles. The Morgan fingerprint density at radius 2 is 2.35 bits per heavy atom. The third-order valence-corrected chi connectivity index (χ3v) is 3.87. The van der Waals surface area contributed by atoms with Crippen molar-refractivity contribution >= 4 is 11.6 Å². The van der Waals surface area contributed by atoms with Gasteiger partial charge in [0.15, 0.2) is 0 Å². The molecule has 1 heterocycles. The minimum atomic E-state index is 0.546. The Labute approximate surface area is 109 Å². The van der Waals surface area contributed by atoms with E-state index < -0.39 is 0 Å². The van der Waals surface area contributed by atoms with Crippen molar-refractivity contribution in [2.24, 2.45) is 0 Å². The Kier molecular flexibility index (Phi) is 4.43. The van der Waals surface area contributed by atoms with E-state index in [1.807, 2.05) is 12.1 Å². The number of halogens is 1. The summed E-state index contributed by atoms with van der Waals surface area (Å²) in [6.07, 6.45) is 1.26. The summed E-state index contributed by atoms with van der Waals surface area (Å²) in [6.45, 7) is 5.77. The van der Waals surface area contributed by atoms with Crippen molar-refractivity contribution < 1.29 is 0 Å². The van der Waals surface area contributed by atoms with Crippen molar-refractivity contribution in [1.29, 1.82) is 0 Å². The van der Waals surface area contributed by atoms with Gasteiger partial charge >= 0.3 is 0 Å². The van der Waals surface area contributed by atoms with E-state index in [1.54, 1.807) is 0 Å². The number of likely N-dealkylation sites (N-methyl/N-ethyl adjacent to an activating group) is 1. The van der Waals surface area contributed by atoms with Crippen molar-refractivity contribution in [3.05, 3.63) is 34.9 Å². The van der Waals surface area contributed by atoms with Crippen molar-refractivity contribution in [1.82, 2.24) is 10.2 Å². The maximum atomic E-state index is 6.03. The first kappa shape index (κ1) is 12.9. The Bertz CT molecular complexity index is 367. The highest BCUT2D eigenvalue weighted by molar-refractivity contribution is 6.30. The molecular formula is C14H21ClN2. The molecule has 0 aromatic heterocycles. The standard InChI is InChI=1S/C14H21ClN2/c1-11(12-4-3-5-13(15)8-12)9-17-7-6-14(10-17)16-2/h3-5,8,11,14,16H,6-7,9-10H2,1-2H3. The normalized spacial score (nSPS) is 22.9. The topological polar surface area (TPSA) is 15.3 Å². The number of hydrogen-bond donors (Lipinski definition) is 1. The van der Waals surface area contributed by atoms with E-state index >= 15 is 0 Å². The van der Waals surface area contributed by atoms with E-state index in [-0.39, 0.29) is 0 Å². The number of nitrogens with one attached hydrogen (secondary N) is 1. The van der Waals surface area contributed by atoms with Gasteiger partial charge in [-0.05, 0) is 43.6 Å². The lowest BCUT2D eigenvalue weighted by Gasteiger charge is -2.21. The van der Waals surface area contributed by atoms with Crippen LogP contribution < -0.4 is 5.32 Å². The lowest BCUT2D eigenvalue weighted by Crippen LogP contribution is -2.31. The molecule has 0 amide bonds. The van der Waals surface area contributed by atoms with Crippen molar-refractivity contribution in [2.75, 3.05) is 26.7 Å². The molecule has 2 unspecified atom stereocenters. The largest absolute Gasteiger partial charge is 0.316 e. The van der Waals surface area contributed by atoms with Crippen LogP contribution in [0.15, 0.2) is 24.3 Å². The first-order valence-corrected chi connectivity index (χ1v) is 6.72. The summed E-state index contributed by atoms with van der Waals surface area (Å²) in [6, 6.07) is 8.89. The fourth-order valence-electron chi connectivity index (χ4n) is 2.54. The lowest BCUT2D eigenvalue weighted by molar-refractivity contribution is 0.313. The van der Waals surface area contributed by atoms with E-state index in [0.29, 0.717) is 12.0 Å². The quantitative estimate of drug-likeness (QED) is 0.887. The van der Waals surface area contributed by atoms with E-state index in [9.17, 15) is 0 Å². The molecule has 1 saturated heterocycles. The summed E-state index contributed by atoms with van der Waals surface area (Å²) in [5.74, 6) is 0.546. The molecule has 1 N–H and O–H groups in total. The van der Waals surface area contributed by atoms with Crippen molar-refractivity contribution in [3.8, 4) is 0 Å². The first-order chi connectivity index (χ1) is 8.19. The minimum absolute atomic E-state index is 0.546. The van der Waals surface area contributed by atoms with Gasteiger partial charge < -0.3 is 10.2 Å². The van der Waals surface area contributed by atoms with E-state index in [1.165, 1.54) is 25.1 Å². The Hall–Kier alpha value is -0.570. The molecule has 17 heavy (non-hydrogen) atoms. The molecular weight excluding hydrogens is 232 g/mol. The zero-order valence-corrected chi connectivity index (χ0v) is 11.4. The monoisotopic (exact) mass is 252 g/mol. The second kappa shape index (κ2) is 5.85. The molecule has 1 aliphatic heterocycles. The highest BCUT2D eigenvalue weighted by Gasteiger charge is 2.22. The minimum Gasteiger partial charge on any atom is -0.316 e. The van der Waals surface area contributed by atoms with Crippen LogP contribution in [0.5, 0.6) is 0 Å². The third-order valence-electron chi connectivity index (χ3n) is 3.63. The molecule has 0 bridgehead atoms. The highest BCUT2D eigenvalue weighted by Crippen LogP contribution is 2.22. The van der Waals surface area contributed by atoms with Crippen LogP contribution in [-0.2, 0) is 0 Å². The summed E-state index contributed by atoms with van der Waals surface area (Å²) in [5.41, 5.74) is 1.34. The molecule has 1 fully saturated rings. The number of hydrogen-bond acceptors (Lipinski definition) is 2. The zero-order valence-electron chi connectivity index (χ0n) is 10.6. The summed E-state index contributed by atoms with van der Waals surface area (Å²) in [4.78, 5) is 2.53. The molecule has 0 aliphatic carbocycles. The van der Waals surface area contributed by atoms with Crippen LogP contribution in [-0.4, -0.2) is 37.6 Å². The van der Waals surface area contributed by atoms with Crippen molar-refractivity contribution in [3.63, 3.8) is 0 Å². The summed E-state index contributed by atoms with van der Waals surface area (Å²) in [5, 5.41) is 4.19. The van der Waals surface area contributed by atoms with Gasteiger partial charge in [0.1, 0.15) is 0 Å². The Morgan fingerprint density at radius 3 is 3.00 bits per heavy atom. The van der Waals surface area contributed by atoms with Gasteiger partial charge in [0.05, 0.1) is 0 Å². The smallest absolute Gasteiger partial charge is 0.0408 e. The first-order valence-electron chi connectivity index (χ1n) is 6.34. The van der Waals surface area contributed by atoms with Crippen LogP contribution in [0, 0.1) is 0 Å². The number of nitrogens with zero attached hydrogens (tertiary/aromatic N) is 1. The molecule has 2 rings (SSSR count). The number of likely N-dealkylation sites (tertiary alicyclic amines) is 1.